The maximum atomic E-state index is 12.2. The van der Waals surface area contributed by atoms with E-state index >= 15 is 0 Å². The molecular formula is C16H25N3O. The van der Waals surface area contributed by atoms with Gasteiger partial charge in [0.2, 0.25) is 5.91 Å². The van der Waals surface area contributed by atoms with Gasteiger partial charge in [0, 0.05) is 12.1 Å². The maximum Gasteiger partial charge on any atom is 0.228 e. The van der Waals surface area contributed by atoms with Gasteiger partial charge in [0.15, 0.2) is 0 Å². The number of piperidine rings is 1. The van der Waals surface area contributed by atoms with Gasteiger partial charge in [0.1, 0.15) is 5.82 Å². The summed E-state index contributed by atoms with van der Waals surface area (Å²) in [6.07, 6.45) is 4.85. The Bertz CT molecular complexity index is 411. The first-order chi connectivity index (χ1) is 9.65. The van der Waals surface area contributed by atoms with Crippen molar-refractivity contribution in [1.82, 2.24) is 9.88 Å². The third-order valence-corrected chi connectivity index (χ3v) is 3.90. The molecule has 1 saturated heterocycles. The van der Waals surface area contributed by atoms with E-state index in [1.54, 1.807) is 6.20 Å². The van der Waals surface area contributed by atoms with Crippen molar-refractivity contribution in [2.45, 2.75) is 33.1 Å². The van der Waals surface area contributed by atoms with Gasteiger partial charge in [-0.2, -0.15) is 0 Å². The van der Waals surface area contributed by atoms with E-state index in [2.05, 4.69) is 29.0 Å². The second-order valence-corrected chi connectivity index (χ2v) is 6.00. The number of aromatic nitrogens is 1. The van der Waals surface area contributed by atoms with Crippen LogP contribution in [0.25, 0.3) is 0 Å². The van der Waals surface area contributed by atoms with Gasteiger partial charge in [-0.3, -0.25) is 4.79 Å². The monoisotopic (exact) mass is 275 g/mol. The number of carbonyl (C=O) groups excluding carboxylic acids is 1. The lowest BCUT2D eigenvalue weighted by Crippen LogP contribution is -2.38. The summed E-state index contributed by atoms with van der Waals surface area (Å²) in [7, 11) is 0. The van der Waals surface area contributed by atoms with Gasteiger partial charge < -0.3 is 10.2 Å². The van der Waals surface area contributed by atoms with Crippen LogP contribution in [0.3, 0.4) is 0 Å². The molecule has 0 saturated carbocycles. The lowest BCUT2D eigenvalue weighted by Gasteiger charge is -2.31. The standard InChI is InChI=1S/C16H25N3O/c1-13(2)6-10-19-11-7-14(8-12-19)16(20)18-15-5-3-4-9-17-15/h3-5,9,13-14H,6-8,10-12H2,1-2H3,(H,17,18,20). The normalized spacial score (nSPS) is 17.4. The van der Waals surface area contributed by atoms with E-state index in [0.717, 1.165) is 38.4 Å². The van der Waals surface area contributed by atoms with Crippen LogP contribution in [0.1, 0.15) is 33.1 Å². The van der Waals surface area contributed by atoms with Crippen LogP contribution in [0.4, 0.5) is 5.82 Å². The fourth-order valence-electron chi connectivity index (χ4n) is 2.52. The summed E-state index contributed by atoms with van der Waals surface area (Å²) >= 11 is 0. The van der Waals surface area contributed by atoms with Crippen LogP contribution in [-0.4, -0.2) is 35.4 Å². The molecule has 20 heavy (non-hydrogen) atoms. The number of anilines is 1. The molecule has 1 fully saturated rings. The Hall–Kier alpha value is -1.42. The van der Waals surface area contributed by atoms with Gasteiger partial charge >= 0.3 is 0 Å². The summed E-state index contributed by atoms with van der Waals surface area (Å²) < 4.78 is 0. The highest BCUT2D eigenvalue weighted by molar-refractivity contribution is 5.91. The zero-order valence-corrected chi connectivity index (χ0v) is 12.5. The molecule has 0 aliphatic carbocycles. The molecule has 4 nitrogen and oxygen atoms in total. The summed E-state index contributed by atoms with van der Waals surface area (Å²) in [6.45, 7) is 7.74. The Morgan fingerprint density at radius 2 is 2.15 bits per heavy atom. The second kappa shape index (κ2) is 7.39. The topological polar surface area (TPSA) is 45.2 Å². The third-order valence-electron chi connectivity index (χ3n) is 3.90. The molecule has 0 unspecified atom stereocenters. The van der Waals surface area contributed by atoms with Crippen LogP contribution in [-0.2, 0) is 4.79 Å². The average Bonchev–Trinajstić information content (AvgIpc) is 2.46. The zero-order chi connectivity index (χ0) is 14.4. The molecule has 1 aliphatic heterocycles. The highest BCUT2D eigenvalue weighted by Crippen LogP contribution is 2.19. The van der Waals surface area contributed by atoms with E-state index < -0.39 is 0 Å². The predicted octanol–water partition coefficient (Wildman–Crippen LogP) is 2.78. The van der Waals surface area contributed by atoms with Crippen LogP contribution >= 0.6 is 0 Å². The van der Waals surface area contributed by atoms with Crippen molar-refractivity contribution >= 4 is 11.7 Å². The molecule has 110 valence electrons. The Labute approximate surface area is 121 Å². The predicted molar refractivity (Wildman–Crippen MR) is 81.5 cm³/mol. The van der Waals surface area contributed by atoms with E-state index in [1.807, 2.05) is 18.2 Å². The fourth-order valence-corrected chi connectivity index (χ4v) is 2.52. The minimum Gasteiger partial charge on any atom is -0.310 e. The first-order valence-electron chi connectivity index (χ1n) is 7.59. The molecule has 2 rings (SSSR count). The lowest BCUT2D eigenvalue weighted by molar-refractivity contribution is -0.121. The fraction of sp³-hybridized carbons (Fsp3) is 0.625. The van der Waals surface area contributed by atoms with Crippen molar-refractivity contribution in [3.8, 4) is 0 Å². The molecule has 1 aromatic rings. The van der Waals surface area contributed by atoms with Crippen molar-refractivity contribution in [2.75, 3.05) is 25.0 Å². The molecule has 0 atom stereocenters. The molecule has 0 radical (unpaired) electrons. The summed E-state index contributed by atoms with van der Waals surface area (Å²) in [4.78, 5) is 18.8. The number of hydrogen-bond donors (Lipinski definition) is 1. The number of pyridine rings is 1. The molecule has 0 spiro atoms. The molecule has 2 heterocycles. The minimum absolute atomic E-state index is 0.118. The van der Waals surface area contributed by atoms with Crippen LogP contribution < -0.4 is 5.32 Å². The summed E-state index contributed by atoms with van der Waals surface area (Å²) in [6, 6.07) is 5.57. The number of amides is 1. The molecular weight excluding hydrogens is 250 g/mol. The highest BCUT2D eigenvalue weighted by atomic mass is 16.1. The number of nitrogens with zero attached hydrogens (tertiary/aromatic N) is 2. The lowest BCUT2D eigenvalue weighted by atomic mass is 9.95. The second-order valence-electron chi connectivity index (χ2n) is 6.00. The van der Waals surface area contributed by atoms with E-state index in [4.69, 9.17) is 0 Å². The van der Waals surface area contributed by atoms with Crippen LogP contribution in [0.15, 0.2) is 24.4 Å². The maximum absolute atomic E-state index is 12.2. The Morgan fingerprint density at radius 1 is 1.40 bits per heavy atom. The quantitative estimate of drug-likeness (QED) is 0.898. The smallest absolute Gasteiger partial charge is 0.228 e. The van der Waals surface area contributed by atoms with E-state index in [9.17, 15) is 4.79 Å². The van der Waals surface area contributed by atoms with E-state index in [0.29, 0.717) is 5.82 Å². The van der Waals surface area contributed by atoms with Crippen molar-refractivity contribution < 1.29 is 4.79 Å². The first kappa shape index (κ1) is 15.0. The first-order valence-corrected chi connectivity index (χ1v) is 7.59. The minimum atomic E-state index is 0.118. The van der Waals surface area contributed by atoms with Crippen molar-refractivity contribution in [3.63, 3.8) is 0 Å². The summed E-state index contributed by atoms with van der Waals surface area (Å²) in [5, 5.41) is 2.91. The van der Waals surface area contributed by atoms with Crippen LogP contribution in [0.2, 0.25) is 0 Å². The molecule has 0 bridgehead atoms. The SMILES string of the molecule is CC(C)CCN1CCC(C(=O)Nc2ccccn2)CC1. The highest BCUT2D eigenvalue weighted by Gasteiger charge is 2.24. The van der Waals surface area contributed by atoms with Gasteiger partial charge in [-0.15, -0.1) is 0 Å². The molecule has 1 amide bonds. The molecule has 4 heteroatoms. The van der Waals surface area contributed by atoms with Gasteiger partial charge in [0.25, 0.3) is 0 Å². The van der Waals surface area contributed by atoms with Gasteiger partial charge in [-0.25, -0.2) is 4.98 Å². The largest absolute Gasteiger partial charge is 0.310 e. The number of carbonyl (C=O) groups is 1. The summed E-state index contributed by atoms with van der Waals surface area (Å²) in [5.74, 6) is 1.65. The van der Waals surface area contributed by atoms with Crippen LogP contribution in [0.5, 0.6) is 0 Å². The number of nitrogens with one attached hydrogen (secondary N) is 1. The van der Waals surface area contributed by atoms with Gasteiger partial charge in [-0.05, 0) is 56.9 Å². The average molecular weight is 275 g/mol. The molecule has 0 aromatic carbocycles. The summed E-state index contributed by atoms with van der Waals surface area (Å²) in [5.41, 5.74) is 0. The van der Waals surface area contributed by atoms with E-state index in [-0.39, 0.29) is 11.8 Å². The van der Waals surface area contributed by atoms with Crippen molar-refractivity contribution in [3.05, 3.63) is 24.4 Å². The van der Waals surface area contributed by atoms with E-state index in [1.165, 1.54) is 6.42 Å². The molecule has 1 aromatic heterocycles. The number of likely N-dealkylation sites (tertiary alicyclic amines) is 1. The Morgan fingerprint density at radius 3 is 2.75 bits per heavy atom. The molecule has 1 N–H and O–H groups in total. The van der Waals surface area contributed by atoms with Crippen molar-refractivity contribution in [2.24, 2.45) is 11.8 Å². The van der Waals surface area contributed by atoms with Crippen LogP contribution in [0, 0.1) is 11.8 Å². The number of hydrogen-bond acceptors (Lipinski definition) is 3. The van der Waals surface area contributed by atoms with Gasteiger partial charge in [-0.1, -0.05) is 19.9 Å². The van der Waals surface area contributed by atoms with Gasteiger partial charge in [0.05, 0.1) is 0 Å². The molecule has 1 aliphatic rings. The third kappa shape index (κ3) is 4.60. The van der Waals surface area contributed by atoms with Crippen molar-refractivity contribution in [1.29, 1.82) is 0 Å². The zero-order valence-electron chi connectivity index (χ0n) is 12.5. The Balaban J connectivity index is 1.74. The Kier molecular flexibility index (Phi) is 5.53. The number of rotatable bonds is 5.